The van der Waals surface area contributed by atoms with Gasteiger partial charge in [-0.3, -0.25) is 4.79 Å². The van der Waals surface area contributed by atoms with Crippen LogP contribution < -0.4 is 10.6 Å². The maximum Gasteiger partial charge on any atom is 0.237 e. The van der Waals surface area contributed by atoms with Crippen LogP contribution in [0.4, 0.5) is 8.78 Å². The summed E-state index contributed by atoms with van der Waals surface area (Å²) in [6.07, 6.45) is 3.93. The Bertz CT molecular complexity index is 669. The summed E-state index contributed by atoms with van der Waals surface area (Å²) in [5, 5.41) is 5.50. The normalized spacial score (nSPS) is 19.2. The number of carbonyl (C=O) groups is 1. The van der Waals surface area contributed by atoms with Gasteiger partial charge in [0.25, 0.3) is 0 Å². The van der Waals surface area contributed by atoms with Gasteiger partial charge in [-0.25, -0.2) is 13.8 Å². The van der Waals surface area contributed by atoms with Crippen LogP contribution in [0.1, 0.15) is 12.0 Å². The van der Waals surface area contributed by atoms with Crippen molar-refractivity contribution in [1.82, 2.24) is 20.2 Å². The van der Waals surface area contributed by atoms with Crippen LogP contribution >= 0.6 is 24.8 Å². The summed E-state index contributed by atoms with van der Waals surface area (Å²) in [7, 11) is 0. The van der Waals surface area contributed by atoms with Gasteiger partial charge in [-0.15, -0.1) is 24.8 Å². The molecule has 5 nitrogen and oxygen atoms in total. The average Bonchev–Trinajstić information content (AvgIpc) is 3.16. The molecule has 0 unspecified atom stereocenters. The number of carbonyl (C=O) groups excluding carboxylic acids is 1. The Morgan fingerprint density at radius 2 is 2.21 bits per heavy atom. The molecule has 24 heavy (non-hydrogen) atoms. The third-order valence-electron chi connectivity index (χ3n) is 3.66. The Hall–Kier alpha value is -1.70. The minimum atomic E-state index is -0.984. The molecule has 1 saturated heterocycles. The third-order valence-corrected chi connectivity index (χ3v) is 3.66. The molecule has 2 aromatic rings. The van der Waals surface area contributed by atoms with E-state index in [9.17, 15) is 13.6 Å². The molecule has 3 rings (SSSR count). The molecule has 2 N–H and O–H groups in total. The van der Waals surface area contributed by atoms with Crippen molar-refractivity contribution in [2.24, 2.45) is 0 Å². The molecule has 1 aromatic heterocycles. The number of hydrogen-bond donors (Lipinski definition) is 2. The lowest BCUT2D eigenvalue weighted by Crippen LogP contribution is -2.40. The fraction of sp³-hybridized carbons (Fsp3) is 0.333. The molecule has 0 aliphatic carbocycles. The average molecular weight is 379 g/mol. The molecule has 1 aliphatic rings. The second kappa shape index (κ2) is 8.96. The topological polar surface area (TPSA) is 59.0 Å². The van der Waals surface area contributed by atoms with E-state index in [1.54, 1.807) is 29.1 Å². The number of nitrogens with one attached hydrogen (secondary N) is 2. The quantitative estimate of drug-likeness (QED) is 0.856. The van der Waals surface area contributed by atoms with Crippen LogP contribution in [-0.2, 0) is 11.3 Å². The maximum atomic E-state index is 14.1. The molecular formula is C15H18Cl2F2N4O. The molecule has 132 valence electrons. The molecule has 9 heteroatoms. The van der Waals surface area contributed by atoms with Crippen molar-refractivity contribution in [3.8, 4) is 5.69 Å². The molecule has 2 heterocycles. The Labute approximate surface area is 150 Å². The SMILES string of the molecule is Cl.Cl.O=C(NCc1ccc(-n2ccnc2)c(F)c1)[C@H]1C[C@H](F)CN1. The van der Waals surface area contributed by atoms with Gasteiger partial charge in [-0.2, -0.15) is 0 Å². The number of rotatable bonds is 4. The first-order chi connectivity index (χ1) is 10.6. The molecule has 1 aliphatic heterocycles. The van der Waals surface area contributed by atoms with E-state index >= 15 is 0 Å². The van der Waals surface area contributed by atoms with E-state index in [2.05, 4.69) is 15.6 Å². The zero-order chi connectivity index (χ0) is 15.5. The highest BCUT2D eigenvalue weighted by molar-refractivity contribution is 5.85. The van der Waals surface area contributed by atoms with Gasteiger partial charge < -0.3 is 15.2 Å². The van der Waals surface area contributed by atoms with Crippen LogP contribution in [-0.4, -0.2) is 34.2 Å². The lowest BCUT2D eigenvalue weighted by molar-refractivity contribution is -0.123. The number of alkyl halides is 1. The Balaban J connectivity index is 0.00000144. The van der Waals surface area contributed by atoms with Crippen LogP contribution in [0.15, 0.2) is 36.9 Å². The standard InChI is InChI=1S/C15H16F2N4O.2ClH/c16-11-6-13(19-8-11)15(22)20-7-10-1-2-14(12(17)5-10)21-4-3-18-9-21;;/h1-5,9,11,13,19H,6-8H2,(H,20,22);2*1H/t11-,13+;;/m0../s1. The number of amides is 1. The van der Waals surface area contributed by atoms with Crippen molar-refractivity contribution in [1.29, 1.82) is 0 Å². The summed E-state index contributed by atoms with van der Waals surface area (Å²) in [6, 6.07) is 4.23. The van der Waals surface area contributed by atoms with E-state index in [1.807, 2.05) is 0 Å². The van der Waals surface area contributed by atoms with Crippen molar-refractivity contribution < 1.29 is 13.6 Å². The fourth-order valence-electron chi connectivity index (χ4n) is 2.48. The van der Waals surface area contributed by atoms with Crippen LogP contribution in [0.3, 0.4) is 0 Å². The predicted molar refractivity (Wildman–Crippen MR) is 91.2 cm³/mol. The second-order valence-corrected chi connectivity index (χ2v) is 5.27. The third kappa shape index (κ3) is 4.66. The first-order valence-electron chi connectivity index (χ1n) is 7.05. The highest BCUT2D eigenvalue weighted by Gasteiger charge is 2.28. The molecule has 2 atom stereocenters. The highest BCUT2D eigenvalue weighted by Crippen LogP contribution is 2.15. The van der Waals surface area contributed by atoms with Crippen molar-refractivity contribution in [2.45, 2.75) is 25.2 Å². The molecule has 0 radical (unpaired) electrons. The van der Waals surface area contributed by atoms with Crippen LogP contribution in [0.25, 0.3) is 5.69 Å². The van der Waals surface area contributed by atoms with Gasteiger partial charge in [0.05, 0.1) is 18.1 Å². The van der Waals surface area contributed by atoms with E-state index in [4.69, 9.17) is 0 Å². The van der Waals surface area contributed by atoms with Crippen molar-refractivity contribution in [2.75, 3.05) is 6.54 Å². The first-order valence-corrected chi connectivity index (χ1v) is 7.05. The Kier molecular flexibility index (Phi) is 7.59. The largest absolute Gasteiger partial charge is 0.351 e. The van der Waals surface area contributed by atoms with Crippen molar-refractivity contribution in [3.63, 3.8) is 0 Å². The summed E-state index contributed by atoms with van der Waals surface area (Å²) in [5.74, 6) is -0.660. The van der Waals surface area contributed by atoms with Crippen LogP contribution in [0.2, 0.25) is 0 Å². The first kappa shape index (κ1) is 20.3. The highest BCUT2D eigenvalue weighted by atomic mass is 35.5. The van der Waals surface area contributed by atoms with Crippen LogP contribution in [0, 0.1) is 5.82 Å². The fourth-order valence-corrected chi connectivity index (χ4v) is 2.48. The van der Waals surface area contributed by atoms with E-state index < -0.39 is 18.0 Å². The lowest BCUT2D eigenvalue weighted by Gasteiger charge is -2.12. The summed E-state index contributed by atoms with van der Waals surface area (Å²) >= 11 is 0. The van der Waals surface area contributed by atoms with Gasteiger partial charge in [0.15, 0.2) is 0 Å². The van der Waals surface area contributed by atoms with Gasteiger partial charge in [0.2, 0.25) is 5.91 Å². The zero-order valence-corrected chi connectivity index (χ0v) is 14.2. The summed E-state index contributed by atoms with van der Waals surface area (Å²) in [4.78, 5) is 15.7. The van der Waals surface area contributed by atoms with E-state index in [1.165, 1.54) is 12.4 Å². The Morgan fingerprint density at radius 1 is 1.42 bits per heavy atom. The molecule has 1 amide bonds. The number of benzene rings is 1. The van der Waals surface area contributed by atoms with Gasteiger partial charge >= 0.3 is 0 Å². The molecule has 0 saturated carbocycles. The van der Waals surface area contributed by atoms with Crippen molar-refractivity contribution >= 4 is 30.7 Å². The molecule has 0 spiro atoms. The van der Waals surface area contributed by atoms with E-state index in [-0.39, 0.29) is 50.2 Å². The molecule has 0 bridgehead atoms. The van der Waals surface area contributed by atoms with E-state index in [0.717, 1.165) is 0 Å². The predicted octanol–water partition coefficient (Wildman–Crippen LogP) is 2.17. The van der Waals surface area contributed by atoms with Gasteiger partial charge in [0.1, 0.15) is 12.0 Å². The number of imidazole rings is 1. The van der Waals surface area contributed by atoms with E-state index in [0.29, 0.717) is 11.3 Å². The van der Waals surface area contributed by atoms with Gasteiger partial charge in [-0.05, 0) is 17.7 Å². The van der Waals surface area contributed by atoms with Crippen molar-refractivity contribution in [3.05, 3.63) is 48.3 Å². The second-order valence-electron chi connectivity index (χ2n) is 5.27. The Morgan fingerprint density at radius 3 is 2.79 bits per heavy atom. The summed E-state index contributed by atoms with van der Waals surface area (Å²) in [5.41, 5.74) is 1.04. The molecule has 1 fully saturated rings. The number of hydrogen-bond acceptors (Lipinski definition) is 3. The summed E-state index contributed by atoms with van der Waals surface area (Å²) < 4.78 is 28.7. The number of halogens is 4. The maximum absolute atomic E-state index is 14.1. The zero-order valence-electron chi connectivity index (χ0n) is 12.6. The monoisotopic (exact) mass is 378 g/mol. The number of nitrogens with zero attached hydrogens (tertiary/aromatic N) is 2. The lowest BCUT2D eigenvalue weighted by atomic mass is 10.1. The number of aromatic nitrogens is 2. The minimum Gasteiger partial charge on any atom is -0.351 e. The molecular weight excluding hydrogens is 361 g/mol. The molecule has 1 aromatic carbocycles. The summed E-state index contributed by atoms with van der Waals surface area (Å²) in [6.45, 7) is 0.404. The van der Waals surface area contributed by atoms with Gasteiger partial charge in [-0.1, -0.05) is 6.07 Å². The minimum absolute atomic E-state index is 0. The van der Waals surface area contributed by atoms with Gasteiger partial charge in [0, 0.05) is 31.9 Å². The van der Waals surface area contributed by atoms with Crippen LogP contribution in [0.5, 0.6) is 0 Å². The smallest absolute Gasteiger partial charge is 0.237 e.